The molecule has 0 aromatic heterocycles. The Morgan fingerprint density at radius 2 is 1.84 bits per heavy atom. The number of hydrogen-bond donors (Lipinski definition) is 2. The van der Waals surface area contributed by atoms with E-state index in [9.17, 15) is 4.79 Å². The molecule has 1 aromatic carbocycles. The molecule has 2 nitrogen and oxygen atoms in total. The van der Waals surface area contributed by atoms with E-state index in [1.807, 2.05) is 12.1 Å². The van der Waals surface area contributed by atoms with Crippen LogP contribution in [0.2, 0.25) is 0 Å². The van der Waals surface area contributed by atoms with Crippen molar-refractivity contribution in [3.63, 3.8) is 0 Å². The Bertz CT molecular complexity index is 455. The molecule has 1 aromatic rings. The zero-order valence-corrected chi connectivity index (χ0v) is 12.9. The average Bonchev–Trinajstić information content (AvgIpc) is 3.09. The van der Waals surface area contributed by atoms with Gasteiger partial charge in [-0.25, -0.2) is 0 Å². The summed E-state index contributed by atoms with van der Waals surface area (Å²) in [5.41, 5.74) is 2.48. The molecule has 3 heteroatoms. The smallest absolute Gasteiger partial charge is 0.224 e. The van der Waals surface area contributed by atoms with Crippen LogP contribution in [0.25, 0.3) is 0 Å². The summed E-state index contributed by atoms with van der Waals surface area (Å²) in [7, 11) is 0. The van der Waals surface area contributed by atoms with Gasteiger partial charge >= 0.3 is 0 Å². The van der Waals surface area contributed by atoms with E-state index in [0.29, 0.717) is 6.42 Å². The molecule has 0 aliphatic heterocycles. The molecule has 1 amide bonds. The summed E-state index contributed by atoms with van der Waals surface area (Å²) in [4.78, 5) is 12.0. The topological polar surface area (TPSA) is 29.1 Å². The number of hydrogen-bond acceptors (Lipinski definition) is 2. The van der Waals surface area contributed by atoms with Gasteiger partial charge in [0, 0.05) is 12.1 Å². The van der Waals surface area contributed by atoms with E-state index in [2.05, 4.69) is 50.8 Å². The van der Waals surface area contributed by atoms with E-state index in [1.165, 1.54) is 5.56 Å². The maximum absolute atomic E-state index is 12.0. The van der Waals surface area contributed by atoms with Gasteiger partial charge in [0.05, 0.1) is 0 Å². The van der Waals surface area contributed by atoms with Gasteiger partial charge in [-0.1, -0.05) is 32.9 Å². The molecule has 0 unspecified atom stereocenters. The number of carbonyl (C=O) groups excluding carboxylic acids is 1. The van der Waals surface area contributed by atoms with Crippen molar-refractivity contribution in [2.75, 3.05) is 11.1 Å². The third-order valence-corrected chi connectivity index (χ3v) is 4.53. The minimum atomic E-state index is 0.107. The van der Waals surface area contributed by atoms with Crippen molar-refractivity contribution >= 4 is 24.2 Å². The summed E-state index contributed by atoms with van der Waals surface area (Å²) in [6.07, 6.45) is 2.86. The van der Waals surface area contributed by atoms with Crippen LogP contribution in [0.15, 0.2) is 24.3 Å². The van der Waals surface area contributed by atoms with Gasteiger partial charge in [0.2, 0.25) is 5.91 Å². The van der Waals surface area contributed by atoms with Crippen LogP contribution >= 0.6 is 12.6 Å². The lowest BCUT2D eigenvalue weighted by Gasteiger charge is -2.19. The fourth-order valence-corrected chi connectivity index (χ4v) is 2.59. The van der Waals surface area contributed by atoms with Crippen LogP contribution in [0.3, 0.4) is 0 Å². The molecule has 0 bridgehead atoms. The first-order valence-corrected chi connectivity index (χ1v) is 7.49. The average molecular weight is 277 g/mol. The molecule has 0 saturated heterocycles. The molecule has 0 spiro atoms. The quantitative estimate of drug-likeness (QED) is 0.800. The normalized spacial score (nSPS) is 17.1. The molecule has 19 heavy (non-hydrogen) atoms. The maximum atomic E-state index is 12.0. The molecule has 2 rings (SSSR count). The zero-order valence-electron chi connectivity index (χ0n) is 12.0. The number of thiol groups is 1. The number of benzene rings is 1. The standard InChI is InChI=1S/C16H23NOS/c1-15(2,3)12-4-6-13(7-5-12)17-14(18)10-16(11-19)8-9-16/h4-7,19H,8-11H2,1-3H3,(H,17,18). The number of amides is 1. The third kappa shape index (κ3) is 3.75. The van der Waals surface area contributed by atoms with E-state index >= 15 is 0 Å². The first-order valence-electron chi connectivity index (χ1n) is 6.86. The van der Waals surface area contributed by atoms with Crippen LogP contribution in [0, 0.1) is 5.41 Å². The summed E-state index contributed by atoms with van der Waals surface area (Å²) in [5.74, 6) is 0.915. The van der Waals surface area contributed by atoms with Crippen molar-refractivity contribution in [3.05, 3.63) is 29.8 Å². The van der Waals surface area contributed by atoms with Crippen molar-refractivity contribution in [3.8, 4) is 0 Å². The highest BCUT2D eigenvalue weighted by molar-refractivity contribution is 7.80. The van der Waals surface area contributed by atoms with Crippen LogP contribution in [0.5, 0.6) is 0 Å². The van der Waals surface area contributed by atoms with Gasteiger partial charge in [0.1, 0.15) is 0 Å². The van der Waals surface area contributed by atoms with Crippen molar-refractivity contribution in [1.29, 1.82) is 0 Å². The second kappa shape index (κ2) is 5.20. The predicted molar refractivity (Wildman–Crippen MR) is 83.9 cm³/mol. The van der Waals surface area contributed by atoms with E-state index in [-0.39, 0.29) is 16.7 Å². The van der Waals surface area contributed by atoms with E-state index in [1.54, 1.807) is 0 Å². The van der Waals surface area contributed by atoms with Crippen molar-refractivity contribution in [2.24, 2.45) is 5.41 Å². The Balaban J connectivity index is 1.94. The minimum Gasteiger partial charge on any atom is -0.326 e. The first kappa shape index (κ1) is 14.4. The van der Waals surface area contributed by atoms with Gasteiger partial charge in [-0.05, 0) is 47.1 Å². The van der Waals surface area contributed by atoms with Crippen LogP contribution in [-0.2, 0) is 10.2 Å². The second-order valence-corrected chi connectivity index (χ2v) is 7.03. The molecule has 1 fully saturated rings. The SMILES string of the molecule is CC(C)(C)c1ccc(NC(=O)CC2(CS)CC2)cc1. The molecule has 0 radical (unpaired) electrons. The lowest BCUT2D eigenvalue weighted by molar-refractivity contribution is -0.117. The van der Waals surface area contributed by atoms with Gasteiger partial charge < -0.3 is 5.32 Å². The first-order chi connectivity index (χ1) is 8.85. The number of nitrogens with one attached hydrogen (secondary N) is 1. The predicted octanol–water partition coefficient (Wildman–Crippen LogP) is 4.02. The van der Waals surface area contributed by atoms with Gasteiger partial charge in [-0.2, -0.15) is 12.6 Å². The molecule has 1 N–H and O–H groups in total. The number of rotatable bonds is 4. The van der Waals surface area contributed by atoms with Crippen LogP contribution in [-0.4, -0.2) is 11.7 Å². The highest BCUT2D eigenvalue weighted by Crippen LogP contribution is 2.49. The van der Waals surface area contributed by atoms with Gasteiger partial charge in [0.15, 0.2) is 0 Å². The van der Waals surface area contributed by atoms with Crippen molar-refractivity contribution in [2.45, 2.75) is 45.4 Å². The Morgan fingerprint density at radius 3 is 2.26 bits per heavy atom. The Hall–Kier alpha value is -0.960. The highest BCUT2D eigenvalue weighted by atomic mass is 32.1. The largest absolute Gasteiger partial charge is 0.326 e. The Labute approximate surface area is 121 Å². The highest BCUT2D eigenvalue weighted by Gasteiger charge is 2.42. The summed E-state index contributed by atoms with van der Waals surface area (Å²) in [5, 5.41) is 2.98. The van der Waals surface area contributed by atoms with Crippen LogP contribution in [0.1, 0.15) is 45.6 Å². The monoisotopic (exact) mass is 277 g/mol. The molecule has 0 heterocycles. The Morgan fingerprint density at radius 1 is 1.26 bits per heavy atom. The van der Waals surface area contributed by atoms with Crippen molar-refractivity contribution < 1.29 is 4.79 Å². The summed E-state index contributed by atoms with van der Waals surface area (Å²) in [6.45, 7) is 6.55. The zero-order chi connectivity index (χ0) is 14.1. The van der Waals surface area contributed by atoms with E-state index in [4.69, 9.17) is 0 Å². The van der Waals surface area contributed by atoms with E-state index in [0.717, 1.165) is 24.3 Å². The van der Waals surface area contributed by atoms with Crippen molar-refractivity contribution in [1.82, 2.24) is 0 Å². The molecule has 104 valence electrons. The summed E-state index contributed by atoms with van der Waals surface area (Å²) < 4.78 is 0. The Kier molecular flexibility index (Phi) is 3.95. The van der Waals surface area contributed by atoms with E-state index < -0.39 is 0 Å². The fraction of sp³-hybridized carbons (Fsp3) is 0.562. The molecule has 1 aliphatic rings. The van der Waals surface area contributed by atoms with Gasteiger partial charge in [0.25, 0.3) is 0 Å². The van der Waals surface area contributed by atoms with Crippen LogP contribution in [0.4, 0.5) is 5.69 Å². The fourth-order valence-electron chi connectivity index (χ4n) is 2.17. The summed E-state index contributed by atoms with van der Waals surface area (Å²) >= 11 is 4.33. The lowest BCUT2D eigenvalue weighted by Crippen LogP contribution is -2.18. The second-order valence-electron chi connectivity index (χ2n) is 6.71. The third-order valence-electron chi connectivity index (χ3n) is 3.86. The summed E-state index contributed by atoms with van der Waals surface area (Å²) in [6, 6.07) is 8.14. The number of carbonyl (C=O) groups is 1. The van der Waals surface area contributed by atoms with Gasteiger partial charge in [-0.15, -0.1) is 0 Å². The molecular weight excluding hydrogens is 254 g/mol. The maximum Gasteiger partial charge on any atom is 0.224 e. The molecule has 1 aliphatic carbocycles. The molecule has 0 atom stereocenters. The number of anilines is 1. The van der Waals surface area contributed by atoms with Crippen LogP contribution < -0.4 is 5.32 Å². The molecule has 1 saturated carbocycles. The lowest BCUT2D eigenvalue weighted by atomic mass is 9.87. The van der Waals surface area contributed by atoms with Gasteiger partial charge in [-0.3, -0.25) is 4.79 Å². The molecular formula is C16H23NOS. The minimum absolute atomic E-state index is 0.107.